The lowest BCUT2D eigenvalue weighted by atomic mass is 10.2. The quantitative estimate of drug-likeness (QED) is 0.731. The Morgan fingerprint density at radius 1 is 1.53 bits per heavy atom. The molecule has 0 aromatic carbocycles. The fraction of sp³-hybridized carbons (Fsp3) is 1.00. The molecule has 90 valence electrons. The van der Waals surface area contributed by atoms with Gasteiger partial charge in [0, 0.05) is 19.2 Å². The van der Waals surface area contributed by atoms with Crippen LogP contribution in [0.2, 0.25) is 0 Å². The van der Waals surface area contributed by atoms with E-state index in [2.05, 4.69) is 5.32 Å². The molecule has 1 fully saturated rings. The number of hydrogen-bond donors (Lipinski definition) is 1. The molecule has 0 aromatic heterocycles. The third-order valence-corrected chi connectivity index (χ3v) is 5.00. The molecule has 0 aromatic rings. The molecule has 15 heavy (non-hydrogen) atoms. The zero-order valence-corrected chi connectivity index (χ0v) is 10.3. The maximum Gasteiger partial charge on any atom is 0.154 e. The average Bonchev–Trinajstić information content (AvgIpc) is 2.51. The van der Waals surface area contributed by atoms with Gasteiger partial charge in [-0.2, -0.15) is 0 Å². The SMILES string of the molecule is CCOCC(C)NCC1CCCS1(=O)=O. The van der Waals surface area contributed by atoms with Crippen LogP contribution in [-0.4, -0.2) is 45.2 Å². The van der Waals surface area contributed by atoms with Crippen LogP contribution in [0.4, 0.5) is 0 Å². The maximum atomic E-state index is 11.5. The van der Waals surface area contributed by atoms with Crippen LogP contribution < -0.4 is 5.32 Å². The van der Waals surface area contributed by atoms with E-state index in [1.807, 2.05) is 13.8 Å². The number of nitrogens with one attached hydrogen (secondary N) is 1. The first-order valence-electron chi connectivity index (χ1n) is 5.59. The first kappa shape index (κ1) is 12.9. The summed E-state index contributed by atoms with van der Waals surface area (Å²) < 4.78 is 28.3. The third kappa shape index (κ3) is 4.09. The molecule has 0 radical (unpaired) electrons. The van der Waals surface area contributed by atoms with Gasteiger partial charge in [0.25, 0.3) is 0 Å². The zero-order chi connectivity index (χ0) is 11.3. The number of ether oxygens (including phenoxy) is 1. The fourth-order valence-corrected chi connectivity index (χ4v) is 3.55. The van der Waals surface area contributed by atoms with Crippen LogP contribution in [0, 0.1) is 0 Å². The van der Waals surface area contributed by atoms with Gasteiger partial charge in [-0.1, -0.05) is 0 Å². The second-order valence-corrected chi connectivity index (χ2v) is 6.50. The minimum Gasteiger partial charge on any atom is -0.380 e. The molecule has 1 N–H and O–H groups in total. The van der Waals surface area contributed by atoms with Crippen LogP contribution in [0.3, 0.4) is 0 Å². The molecule has 1 aliphatic rings. The van der Waals surface area contributed by atoms with E-state index in [1.165, 1.54) is 0 Å². The van der Waals surface area contributed by atoms with Crippen LogP contribution in [0.1, 0.15) is 26.7 Å². The monoisotopic (exact) mass is 235 g/mol. The van der Waals surface area contributed by atoms with Crippen molar-refractivity contribution in [3.63, 3.8) is 0 Å². The van der Waals surface area contributed by atoms with Gasteiger partial charge in [-0.25, -0.2) is 8.42 Å². The first-order chi connectivity index (χ1) is 7.06. The van der Waals surface area contributed by atoms with E-state index < -0.39 is 9.84 Å². The summed E-state index contributed by atoms with van der Waals surface area (Å²) in [5, 5.41) is 3.03. The van der Waals surface area contributed by atoms with E-state index in [0.29, 0.717) is 25.5 Å². The largest absolute Gasteiger partial charge is 0.380 e. The molecule has 1 aliphatic heterocycles. The van der Waals surface area contributed by atoms with Gasteiger partial charge >= 0.3 is 0 Å². The Morgan fingerprint density at radius 3 is 2.80 bits per heavy atom. The van der Waals surface area contributed by atoms with Crippen LogP contribution in [0.15, 0.2) is 0 Å². The Labute approximate surface area is 92.3 Å². The highest BCUT2D eigenvalue weighted by Gasteiger charge is 2.30. The molecule has 1 heterocycles. The van der Waals surface area contributed by atoms with E-state index in [-0.39, 0.29) is 11.3 Å². The summed E-state index contributed by atoms with van der Waals surface area (Å²) in [5.41, 5.74) is 0. The molecule has 0 saturated carbocycles. The van der Waals surface area contributed by atoms with Gasteiger partial charge in [0.2, 0.25) is 0 Å². The van der Waals surface area contributed by atoms with Crippen LogP contribution >= 0.6 is 0 Å². The van der Waals surface area contributed by atoms with Gasteiger partial charge in [0.05, 0.1) is 17.6 Å². The van der Waals surface area contributed by atoms with E-state index in [1.54, 1.807) is 0 Å². The predicted molar refractivity (Wildman–Crippen MR) is 60.8 cm³/mol. The lowest BCUT2D eigenvalue weighted by Crippen LogP contribution is -2.38. The molecule has 0 amide bonds. The molecule has 0 aliphatic carbocycles. The van der Waals surface area contributed by atoms with E-state index in [9.17, 15) is 8.42 Å². The molecular weight excluding hydrogens is 214 g/mol. The smallest absolute Gasteiger partial charge is 0.154 e. The zero-order valence-electron chi connectivity index (χ0n) is 9.53. The average molecular weight is 235 g/mol. The van der Waals surface area contributed by atoms with Crippen molar-refractivity contribution >= 4 is 9.84 Å². The summed E-state index contributed by atoms with van der Waals surface area (Å²) in [7, 11) is -2.81. The third-order valence-electron chi connectivity index (χ3n) is 2.73. The van der Waals surface area contributed by atoms with Crippen LogP contribution in [0.25, 0.3) is 0 Å². The predicted octanol–water partition coefficient (Wildman–Crippen LogP) is 0.578. The summed E-state index contributed by atoms with van der Waals surface area (Å²) in [5.74, 6) is 0.360. The van der Waals surface area contributed by atoms with Gasteiger partial charge in [-0.05, 0) is 26.7 Å². The van der Waals surface area contributed by atoms with E-state index >= 15 is 0 Å². The minimum absolute atomic E-state index is 0.179. The Hall–Kier alpha value is -0.130. The molecular formula is C10H21NO3S. The van der Waals surface area contributed by atoms with Crippen molar-refractivity contribution in [2.24, 2.45) is 0 Å². The van der Waals surface area contributed by atoms with Gasteiger partial charge < -0.3 is 10.1 Å². The Kier molecular flexibility index (Phi) is 5.02. The first-order valence-corrected chi connectivity index (χ1v) is 7.30. The molecule has 1 saturated heterocycles. The summed E-state index contributed by atoms with van der Waals surface area (Å²) in [4.78, 5) is 0. The Morgan fingerprint density at radius 2 is 2.27 bits per heavy atom. The van der Waals surface area contributed by atoms with Crippen molar-refractivity contribution in [3.05, 3.63) is 0 Å². The molecule has 4 nitrogen and oxygen atoms in total. The van der Waals surface area contributed by atoms with Gasteiger partial charge in [0.15, 0.2) is 9.84 Å². The summed E-state index contributed by atoms with van der Waals surface area (Å²) in [6, 6.07) is 0.223. The fourth-order valence-electron chi connectivity index (χ4n) is 1.77. The van der Waals surface area contributed by atoms with Crippen molar-refractivity contribution in [1.82, 2.24) is 5.32 Å². The normalized spacial score (nSPS) is 26.7. The topological polar surface area (TPSA) is 55.4 Å². The van der Waals surface area contributed by atoms with Crippen LogP contribution in [0.5, 0.6) is 0 Å². The lowest BCUT2D eigenvalue weighted by molar-refractivity contribution is 0.127. The van der Waals surface area contributed by atoms with Crippen LogP contribution in [-0.2, 0) is 14.6 Å². The molecule has 5 heteroatoms. The summed E-state index contributed by atoms with van der Waals surface area (Å²) in [6.07, 6.45) is 1.62. The standard InChI is InChI=1S/C10H21NO3S/c1-3-14-8-9(2)11-7-10-5-4-6-15(10,12)13/h9-11H,3-8H2,1-2H3. The second-order valence-electron chi connectivity index (χ2n) is 4.10. The highest BCUT2D eigenvalue weighted by Crippen LogP contribution is 2.19. The molecule has 2 unspecified atom stereocenters. The molecule has 1 rings (SSSR count). The number of sulfone groups is 1. The maximum absolute atomic E-state index is 11.5. The van der Waals surface area contributed by atoms with E-state index in [0.717, 1.165) is 12.8 Å². The molecule has 0 bridgehead atoms. The second kappa shape index (κ2) is 5.82. The lowest BCUT2D eigenvalue weighted by Gasteiger charge is -2.16. The Bertz CT molecular complexity index is 276. The van der Waals surface area contributed by atoms with Crippen molar-refractivity contribution in [1.29, 1.82) is 0 Å². The minimum atomic E-state index is -2.81. The summed E-state index contributed by atoms with van der Waals surface area (Å²) >= 11 is 0. The van der Waals surface area contributed by atoms with Crippen molar-refractivity contribution in [2.75, 3.05) is 25.5 Å². The Balaban J connectivity index is 2.25. The van der Waals surface area contributed by atoms with Crippen molar-refractivity contribution in [2.45, 2.75) is 38.0 Å². The number of rotatable bonds is 6. The van der Waals surface area contributed by atoms with Crippen molar-refractivity contribution < 1.29 is 13.2 Å². The van der Waals surface area contributed by atoms with Gasteiger partial charge in [-0.3, -0.25) is 0 Å². The highest BCUT2D eigenvalue weighted by atomic mass is 32.2. The van der Waals surface area contributed by atoms with Gasteiger partial charge in [-0.15, -0.1) is 0 Å². The molecule has 0 spiro atoms. The molecule has 2 atom stereocenters. The van der Waals surface area contributed by atoms with E-state index in [4.69, 9.17) is 4.74 Å². The van der Waals surface area contributed by atoms with Crippen molar-refractivity contribution in [3.8, 4) is 0 Å². The summed E-state index contributed by atoms with van der Waals surface area (Å²) in [6.45, 7) is 5.87. The highest BCUT2D eigenvalue weighted by molar-refractivity contribution is 7.92. The van der Waals surface area contributed by atoms with Gasteiger partial charge in [0.1, 0.15) is 0 Å². The number of hydrogen-bond acceptors (Lipinski definition) is 4.